The van der Waals surface area contributed by atoms with E-state index in [0.29, 0.717) is 16.7 Å². The third-order valence-electron chi connectivity index (χ3n) is 2.51. The highest BCUT2D eigenvalue weighted by atomic mass is 79.9. The largest absolute Gasteiger partial charge is 0.381 e. The van der Waals surface area contributed by atoms with Crippen molar-refractivity contribution < 1.29 is 0 Å². The van der Waals surface area contributed by atoms with Crippen molar-refractivity contribution in [3.05, 3.63) is 21.0 Å². The second-order valence-electron chi connectivity index (χ2n) is 4.26. The summed E-state index contributed by atoms with van der Waals surface area (Å²) in [5.41, 5.74) is 6.37. The lowest BCUT2D eigenvalue weighted by Gasteiger charge is -2.14. The molecule has 0 aliphatic heterocycles. The molecule has 0 fully saturated rings. The molecule has 1 aromatic rings. The minimum Gasteiger partial charge on any atom is -0.381 e. The third-order valence-corrected chi connectivity index (χ3v) is 3.28. The second-order valence-corrected chi connectivity index (χ2v) is 5.06. The monoisotopic (exact) mass is 302 g/mol. The molecule has 1 aromatic heterocycles. The molecule has 0 radical (unpaired) electrons. The lowest BCUT2D eigenvalue weighted by Crippen LogP contribution is -2.30. The molecule has 0 aromatic carbocycles. The van der Waals surface area contributed by atoms with Crippen LogP contribution in [0.3, 0.4) is 0 Å². The number of anilines is 1. The summed E-state index contributed by atoms with van der Waals surface area (Å²) in [4.78, 5) is 11.9. The molecule has 3 N–H and O–H groups in total. The predicted octanol–water partition coefficient (Wildman–Crippen LogP) is 1.74. The van der Waals surface area contributed by atoms with Gasteiger partial charge in [0.15, 0.2) is 0 Å². The molecule has 0 aliphatic carbocycles. The van der Waals surface area contributed by atoms with Gasteiger partial charge in [-0.05, 0) is 36.2 Å². The fourth-order valence-corrected chi connectivity index (χ4v) is 1.75. The first-order valence-corrected chi connectivity index (χ1v) is 6.53. The van der Waals surface area contributed by atoms with Gasteiger partial charge >= 0.3 is 0 Å². The van der Waals surface area contributed by atoms with Gasteiger partial charge in [0.05, 0.1) is 17.9 Å². The van der Waals surface area contributed by atoms with Crippen LogP contribution in [0.15, 0.2) is 15.5 Å². The van der Waals surface area contributed by atoms with Crippen molar-refractivity contribution in [2.45, 2.75) is 39.3 Å². The molecule has 96 valence electrons. The fraction of sp³-hybridized carbons (Fsp3) is 0.636. The van der Waals surface area contributed by atoms with E-state index in [0.717, 1.165) is 6.42 Å². The van der Waals surface area contributed by atoms with E-state index in [1.165, 1.54) is 4.68 Å². The number of nitrogens with one attached hydrogen (secondary N) is 1. The summed E-state index contributed by atoms with van der Waals surface area (Å²) in [5.74, 6) is 0. The van der Waals surface area contributed by atoms with Crippen LogP contribution in [-0.4, -0.2) is 22.4 Å². The van der Waals surface area contributed by atoms with E-state index in [4.69, 9.17) is 5.73 Å². The lowest BCUT2D eigenvalue weighted by atomic mass is 10.2. The lowest BCUT2D eigenvalue weighted by molar-refractivity contribution is 0.501. The zero-order valence-corrected chi connectivity index (χ0v) is 12.0. The van der Waals surface area contributed by atoms with Crippen LogP contribution in [0, 0.1) is 0 Å². The highest BCUT2D eigenvalue weighted by molar-refractivity contribution is 9.10. The predicted molar refractivity (Wildman–Crippen MR) is 73.3 cm³/mol. The van der Waals surface area contributed by atoms with Crippen molar-refractivity contribution in [3.63, 3.8) is 0 Å². The number of rotatable bonds is 5. The van der Waals surface area contributed by atoms with Gasteiger partial charge in [-0.1, -0.05) is 6.92 Å². The number of halogens is 1. The van der Waals surface area contributed by atoms with Gasteiger partial charge in [-0.25, -0.2) is 4.68 Å². The minimum absolute atomic E-state index is 0.0470. The number of hydrogen-bond acceptors (Lipinski definition) is 4. The Kier molecular flexibility index (Phi) is 5.14. The topological polar surface area (TPSA) is 72.9 Å². The van der Waals surface area contributed by atoms with Crippen LogP contribution in [0.2, 0.25) is 0 Å². The Morgan fingerprint density at radius 3 is 2.76 bits per heavy atom. The van der Waals surface area contributed by atoms with Gasteiger partial charge in [-0.2, -0.15) is 5.10 Å². The maximum absolute atomic E-state index is 11.9. The quantitative estimate of drug-likeness (QED) is 0.869. The molecule has 6 heteroatoms. The summed E-state index contributed by atoms with van der Waals surface area (Å²) in [6.07, 6.45) is 2.54. The first kappa shape index (κ1) is 14.2. The van der Waals surface area contributed by atoms with Gasteiger partial charge < -0.3 is 11.1 Å². The van der Waals surface area contributed by atoms with Gasteiger partial charge in [0, 0.05) is 12.6 Å². The Balaban J connectivity index is 2.90. The number of nitrogens with two attached hydrogens (primary N) is 1. The van der Waals surface area contributed by atoms with Crippen LogP contribution in [0.1, 0.15) is 33.2 Å². The van der Waals surface area contributed by atoms with Crippen molar-refractivity contribution >= 4 is 21.6 Å². The van der Waals surface area contributed by atoms with E-state index in [1.54, 1.807) is 6.20 Å². The van der Waals surface area contributed by atoms with Crippen molar-refractivity contribution in [3.8, 4) is 0 Å². The van der Waals surface area contributed by atoms with Gasteiger partial charge in [-0.3, -0.25) is 4.79 Å². The summed E-state index contributed by atoms with van der Waals surface area (Å²) < 4.78 is 1.94. The molecule has 1 heterocycles. The SMILES string of the molecule is CCC(N)CNc1cnn(C(C)C)c(=O)c1Br. The average molecular weight is 303 g/mol. The number of aromatic nitrogens is 2. The highest BCUT2D eigenvalue weighted by Gasteiger charge is 2.11. The zero-order valence-electron chi connectivity index (χ0n) is 10.4. The maximum atomic E-state index is 11.9. The molecule has 17 heavy (non-hydrogen) atoms. The molecule has 1 unspecified atom stereocenters. The molecular weight excluding hydrogens is 284 g/mol. The first-order valence-electron chi connectivity index (χ1n) is 5.74. The summed E-state index contributed by atoms with van der Waals surface area (Å²) in [5, 5.41) is 7.24. The molecule has 0 amide bonds. The molecule has 1 rings (SSSR count). The zero-order chi connectivity index (χ0) is 13.0. The Labute approximate surface area is 110 Å². The average Bonchev–Trinajstić information content (AvgIpc) is 2.30. The van der Waals surface area contributed by atoms with Crippen LogP contribution in [-0.2, 0) is 0 Å². The van der Waals surface area contributed by atoms with E-state index in [2.05, 4.69) is 26.3 Å². The Morgan fingerprint density at radius 2 is 2.24 bits per heavy atom. The van der Waals surface area contributed by atoms with Crippen LogP contribution in [0.5, 0.6) is 0 Å². The van der Waals surface area contributed by atoms with Gasteiger partial charge in [0.25, 0.3) is 5.56 Å². The van der Waals surface area contributed by atoms with E-state index in [1.807, 2.05) is 20.8 Å². The smallest absolute Gasteiger partial charge is 0.283 e. The fourth-order valence-electron chi connectivity index (χ4n) is 1.32. The van der Waals surface area contributed by atoms with Crippen molar-refractivity contribution in [1.29, 1.82) is 0 Å². The molecule has 0 bridgehead atoms. The van der Waals surface area contributed by atoms with Gasteiger partial charge in [0.2, 0.25) is 0 Å². The minimum atomic E-state index is -0.130. The molecule has 0 spiro atoms. The summed E-state index contributed by atoms with van der Waals surface area (Å²) in [6.45, 7) is 6.49. The van der Waals surface area contributed by atoms with E-state index in [-0.39, 0.29) is 17.6 Å². The second kappa shape index (κ2) is 6.16. The van der Waals surface area contributed by atoms with Gasteiger partial charge in [-0.15, -0.1) is 0 Å². The van der Waals surface area contributed by atoms with Crippen molar-refractivity contribution in [2.24, 2.45) is 5.73 Å². The molecule has 0 aliphatic rings. The van der Waals surface area contributed by atoms with Gasteiger partial charge in [0.1, 0.15) is 4.47 Å². The van der Waals surface area contributed by atoms with Crippen LogP contribution in [0.4, 0.5) is 5.69 Å². The Hall–Kier alpha value is -0.880. The standard InChI is InChI=1S/C11H19BrN4O/c1-4-8(13)5-14-9-6-15-16(7(2)3)11(17)10(9)12/h6-8,14H,4-5,13H2,1-3H3. The van der Waals surface area contributed by atoms with E-state index in [9.17, 15) is 4.79 Å². The van der Waals surface area contributed by atoms with E-state index < -0.39 is 0 Å². The van der Waals surface area contributed by atoms with Crippen LogP contribution >= 0.6 is 15.9 Å². The van der Waals surface area contributed by atoms with Crippen LogP contribution in [0.25, 0.3) is 0 Å². The maximum Gasteiger partial charge on any atom is 0.283 e. The normalized spacial score (nSPS) is 12.8. The van der Waals surface area contributed by atoms with Crippen molar-refractivity contribution in [1.82, 2.24) is 9.78 Å². The molecule has 0 saturated carbocycles. The first-order chi connectivity index (χ1) is 7.97. The highest BCUT2D eigenvalue weighted by Crippen LogP contribution is 2.17. The summed E-state index contributed by atoms with van der Waals surface area (Å²) >= 11 is 3.29. The molecule has 5 nitrogen and oxygen atoms in total. The summed E-state index contributed by atoms with van der Waals surface area (Å²) in [7, 11) is 0. The van der Waals surface area contributed by atoms with E-state index >= 15 is 0 Å². The van der Waals surface area contributed by atoms with Crippen LogP contribution < -0.4 is 16.6 Å². The van der Waals surface area contributed by atoms with Crippen molar-refractivity contribution in [2.75, 3.05) is 11.9 Å². The third kappa shape index (κ3) is 3.54. The molecular formula is C11H19BrN4O. The summed E-state index contributed by atoms with van der Waals surface area (Å²) in [6, 6.07) is 0.125. The number of nitrogens with zero attached hydrogens (tertiary/aromatic N) is 2. The number of hydrogen-bond donors (Lipinski definition) is 2. The molecule has 0 saturated heterocycles. The Bertz CT molecular complexity index is 430. The Morgan fingerprint density at radius 1 is 1.59 bits per heavy atom. The molecule has 1 atom stereocenters.